The molecule has 1 heterocycles. The van der Waals surface area contributed by atoms with Gasteiger partial charge in [0, 0.05) is 32.9 Å². The first kappa shape index (κ1) is 19.8. The van der Waals surface area contributed by atoms with Gasteiger partial charge in [-0.05, 0) is 37.1 Å². The predicted octanol–water partition coefficient (Wildman–Crippen LogP) is 3.15. The summed E-state index contributed by atoms with van der Waals surface area (Å²) in [6.07, 6.45) is 0.574. The van der Waals surface area contributed by atoms with Crippen LogP contribution in [-0.4, -0.2) is 54.8 Å². The molecule has 3 amide bonds. The number of carbonyl (C=O) groups is 3. The third kappa shape index (κ3) is 3.68. The van der Waals surface area contributed by atoms with E-state index in [9.17, 15) is 14.4 Å². The molecule has 2 aromatic carbocycles. The van der Waals surface area contributed by atoms with Crippen LogP contribution in [0.1, 0.15) is 56.0 Å². The predicted molar refractivity (Wildman–Crippen MR) is 105 cm³/mol. The van der Waals surface area contributed by atoms with Crippen molar-refractivity contribution in [2.75, 3.05) is 27.3 Å². The van der Waals surface area contributed by atoms with E-state index in [4.69, 9.17) is 4.74 Å². The van der Waals surface area contributed by atoms with Crippen LogP contribution < -0.4 is 0 Å². The van der Waals surface area contributed by atoms with Gasteiger partial charge in [-0.25, -0.2) is 0 Å². The van der Waals surface area contributed by atoms with E-state index >= 15 is 0 Å². The quantitative estimate of drug-likeness (QED) is 0.547. The smallest absolute Gasteiger partial charge is 0.261 e. The molecule has 1 unspecified atom stereocenters. The lowest BCUT2D eigenvalue weighted by Gasteiger charge is -2.25. The van der Waals surface area contributed by atoms with Crippen molar-refractivity contribution in [2.45, 2.75) is 19.4 Å². The summed E-state index contributed by atoms with van der Waals surface area (Å²) < 4.78 is 4.99. The summed E-state index contributed by atoms with van der Waals surface area (Å²) in [5, 5.41) is 0. The van der Waals surface area contributed by atoms with Crippen LogP contribution in [-0.2, 0) is 4.74 Å². The summed E-state index contributed by atoms with van der Waals surface area (Å²) in [5.74, 6) is -0.872. The van der Waals surface area contributed by atoms with Gasteiger partial charge in [-0.3, -0.25) is 19.3 Å². The Hall–Kier alpha value is -2.99. The highest BCUT2D eigenvalue weighted by Crippen LogP contribution is 2.26. The zero-order valence-electron chi connectivity index (χ0n) is 16.3. The minimum absolute atomic E-state index is 0.121. The second kappa shape index (κ2) is 8.35. The fourth-order valence-electron chi connectivity index (χ4n) is 3.33. The zero-order chi connectivity index (χ0) is 20.3. The maximum absolute atomic E-state index is 12.9. The van der Waals surface area contributed by atoms with Crippen LogP contribution in [0.4, 0.5) is 0 Å². The molecule has 0 saturated heterocycles. The number of carbonyl (C=O) groups excluding carboxylic acids is 3. The lowest BCUT2D eigenvalue weighted by atomic mass is 10.0. The molecule has 1 aliphatic rings. The maximum atomic E-state index is 12.9. The number of fused-ring (bicyclic) bond motifs is 1. The molecule has 0 radical (unpaired) electrons. The first-order valence-electron chi connectivity index (χ1n) is 9.27. The summed E-state index contributed by atoms with van der Waals surface area (Å²) in [4.78, 5) is 40.9. The molecule has 0 fully saturated rings. The Morgan fingerprint density at radius 3 is 2.43 bits per heavy atom. The van der Waals surface area contributed by atoms with E-state index in [1.807, 2.05) is 37.3 Å². The zero-order valence-corrected chi connectivity index (χ0v) is 16.3. The second-order valence-electron chi connectivity index (χ2n) is 6.87. The Kier molecular flexibility index (Phi) is 5.90. The number of imide groups is 1. The molecule has 1 atom stereocenters. The Morgan fingerprint density at radius 1 is 1.07 bits per heavy atom. The molecular weight excluding hydrogens is 356 g/mol. The molecule has 146 valence electrons. The molecule has 0 aromatic heterocycles. The molecule has 1 aliphatic heterocycles. The van der Waals surface area contributed by atoms with E-state index in [1.165, 1.54) is 11.0 Å². The highest BCUT2D eigenvalue weighted by Gasteiger charge is 2.35. The standard InChI is InChI=1S/C22H24N2O4/c1-15(16-8-5-4-6-9-16)23(2)20(25)17-10-11-18-19(14-17)22(27)24(21(18)26)12-7-13-28-3/h4-6,8-11,14-15H,7,12-13H2,1-3H3. The van der Waals surface area contributed by atoms with E-state index in [0.29, 0.717) is 30.7 Å². The van der Waals surface area contributed by atoms with Gasteiger partial charge in [-0.15, -0.1) is 0 Å². The number of benzene rings is 2. The van der Waals surface area contributed by atoms with Crippen molar-refractivity contribution in [3.8, 4) is 0 Å². The van der Waals surface area contributed by atoms with Gasteiger partial charge >= 0.3 is 0 Å². The lowest BCUT2D eigenvalue weighted by Crippen LogP contribution is -2.31. The molecule has 0 aliphatic carbocycles. The van der Waals surface area contributed by atoms with Gasteiger partial charge in [0.05, 0.1) is 17.2 Å². The molecule has 0 N–H and O–H groups in total. The number of amides is 3. The molecule has 6 nitrogen and oxygen atoms in total. The van der Waals surface area contributed by atoms with Crippen LogP contribution >= 0.6 is 0 Å². The Labute approximate surface area is 164 Å². The van der Waals surface area contributed by atoms with Crippen molar-refractivity contribution in [1.82, 2.24) is 9.80 Å². The molecular formula is C22H24N2O4. The average Bonchev–Trinajstić information content (AvgIpc) is 2.97. The minimum atomic E-state index is -0.357. The number of hydrogen-bond acceptors (Lipinski definition) is 4. The van der Waals surface area contributed by atoms with E-state index < -0.39 is 0 Å². The molecule has 0 bridgehead atoms. The summed E-state index contributed by atoms with van der Waals surface area (Å²) in [6.45, 7) is 2.72. The van der Waals surface area contributed by atoms with Gasteiger partial charge in [0.2, 0.25) is 0 Å². The van der Waals surface area contributed by atoms with Crippen molar-refractivity contribution in [3.05, 3.63) is 70.8 Å². The highest BCUT2D eigenvalue weighted by atomic mass is 16.5. The van der Waals surface area contributed by atoms with Gasteiger partial charge in [0.15, 0.2) is 0 Å². The fourth-order valence-corrected chi connectivity index (χ4v) is 3.33. The molecule has 3 rings (SSSR count). The largest absolute Gasteiger partial charge is 0.385 e. The van der Waals surface area contributed by atoms with Crippen molar-refractivity contribution in [3.63, 3.8) is 0 Å². The lowest BCUT2D eigenvalue weighted by molar-refractivity contribution is 0.0638. The van der Waals surface area contributed by atoms with Gasteiger partial charge in [0.1, 0.15) is 0 Å². The SMILES string of the molecule is COCCCN1C(=O)c2ccc(C(=O)N(C)C(C)c3ccccc3)cc2C1=O. The molecule has 0 spiro atoms. The summed E-state index contributed by atoms with van der Waals surface area (Å²) in [6, 6.07) is 14.3. The third-order valence-electron chi connectivity index (χ3n) is 5.13. The Morgan fingerprint density at radius 2 is 1.75 bits per heavy atom. The van der Waals surface area contributed by atoms with Crippen molar-refractivity contribution in [2.24, 2.45) is 0 Å². The Bertz CT molecular complexity index is 895. The van der Waals surface area contributed by atoms with Gasteiger partial charge < -0.3 is 9.64 Å². The van der Waals surface area contributed by atoms with Gasteiger partial charge in [-0.2, -0.15) is 0 Å². The number of rotatable bonds is 7. The van der Waals surface area contributed by atoms with Crippen LogP contribution in [0, 0.1) is 0 Å². The van der Waals surface area contributed by atoms with Crippen molar-refractivity contribution < 1.29 is 19.1 Å². The van der Waals surface area contributed by atoms with E-state index in [-0.39, 0.29) is 29.3 Å². The third-order valence-corrected chi connectivity index (χ3v) is 5.13. The normalized spacial score (nSPS) is 14.2. The number of ether oxygens (including phenoxy) is 1. The fraction of sp³-hybridized carbons (Fsp3) is 0.318. The molecule has 28 heavy (non-hydrogen) atoms. The molecule has 0 saturated carbocycles. The summed E-state index contributed by atoms with van der Waals surface area (Å²) in [7, 11) is 3.31. The van der Waals surface area contributed by atoms with E-state index in [0.717, 1.165) is 5.56 Å². The summed E-state index contributed by atoms with van der Waals surface area (Å²) in [5.41, 5.74) is 2.05. The minimum Gasteiger partial charge on any atom is -0.385 e. The first-order chi connectivity index (χ1) is 13.5. The van der Waals surface area contributed by atoms with Gasteiger partial charge in [0.25, 0.3) is 17.7 Å². The second-order valence-corrected chi connectivity index (χ2v) is 6.87. The summed E-state index contributed by atoms with van der Waals surface area (Å²) >= 11 is 0. The average molecular weight is 380 g/mol. The highest BCUT2D eigenvalue weighted by molar-refractivity contribution is 6.22. The number of nitrogens with zero attached hydrogens (tertiary/aromatic N) is 2. The van der Waals surface area contributed by atoms with Crippen LogP contribution in [0.15, 0.2) is 48.5 Å². The van der Waals surface area contributed by atoms with Crippen molar-refractivity contribution in [1.29, 1.82) is 0 Å². The van der Waals surface area contributed by atoms with Crippen LogP contribution in [0.2, 0.25) is 0 Å². The van der Waals surface area contributed by atoms with Crippen LogP contribution in [0.3, 0.4) is 0 Å². The number of hydrogen-bond donors (Lipinski definition) is 0. The molecule has 2 aromatic rings. The number of methoxy groups -OCH3 is 1. The maximum Gasteiger partial charge on any atom is 0.261 e. The van der Waals surface area contributed by atoms with E-state index in [1.54, 1.807) is 31.2 Å². The topological polar surface area (TPSA) is 66.9 Å². The van der Waals surface area contributed by atoms with Gasteiger partial charge in [-0.1, -0.05) is 30.3 Å². The van der Waals surface area contributed by atoms with Crippen LogP contribution in [0.5, 0.6) is 0 Å². The van der Waals surface area contributed by atoms with E-state index in [2.05, 4.69) is 0 Å². The van der Waals surface area contributed by atoms with Crippen LogP contribution in [0.25, 0.3) is 0 Å². The monoisotopic (exact) mass is 380 g/mol. The van der Waals surface area contributed by atoms with Crippen molar-refractivity contribution >= 4 is 17.7 Å². The molecule has 6 heteroatoms. The first-order valence-corrected chi connectivity index (χ1v) is 9.27. The Balaban J connectivity index is 1.80.